The van der Waals surface area contributed by atoms with E-state index in [0.717, 1.165) is 0 Å². The summed E-state index contributed by atoms with van der Waals surface area (Å²) in [5.41, 5.74) is 2.02. The fraction of sp³-hybridized carbons (Fsp3) is 0.364. The van der Waals surface area contributed by atoms with Gasteiger partial charge in [0.15, 0.2) is 0 Å². The number of nitrogens with zero attached hydrogens (tertiary/aromatic N) is 2. The summed E-state index contributed by atoms with van der Waals surface area (Å²) in [6.07, 6.45) is 1.47. The number of carbonyl (C=O) groups excluding carboxylic acids is 1. The van der Waals surface area contributed by atoms with E-state index < -0.39 is 5.97 Å². The van der Waals surface area contributed by atoms with Crippen molar-refractivity contribution >= 4 is 5.97 Å². The molecule has 0 atom stereocenters. The molecule has 1 aromatic rings. The van der Waals surface area contributed by atoms with Gasteiger partial charge in [0, 0.05) is 6.20 Å². The van der Waals surface area contributed by atoms with Gasteiger partial charge in [0.1, 0.15) is 6.07 Å². The quantitative estimate of drug-likeness (QED) is 0.688. The van der Waals surface area contributed by atoms with Crippen LogP contribution in [-0.2, 0) is 4.74 Å². The van der Waals surface area contributed by atoms with E-state index in [1.165, 1.54) is 6.20 Å². The second kappa shape index (κ2) is 4.56. The molecule has 0 bridgehead atoms. The van der Waals surface area contributed by atoms with E-state index in [9.17, 15) is 4.79 Å². The summed E-state index contributed by atoms with van der Waals surface area (Å²) in [5.74, 6) is -0.419. The molecule has 0 fully saturated rings. The minimum Gasteiger partial charge on any atom is -0.462 e. The second-order valence-corrected chi connectivity index (χ2v) is 3.09. The molecule has 1 rings (SSSR count). The van der Waals surface area contributed by atoms with E-state index in [-0.39, 0.29) is 0 Å². The van der Waals surface area contributed by atoms with Crippen LogP contribution in [0.4, 0.5) is 0 Å². The minimum atomic E-state index is -0.419. The van der Waals surface area contributed by atoms with Crippen molar-refractivity contribution in [1.29, 1.82) is 5.26 Å². The molecule has 0 unspecified atom stereocenters. The lowest BCUT2D eigenvalue weighted by Crippen LogP contribution is -2.11. The highest BCUT2D eigenvalue weighted by Gasteiger charge is 2.16. The summed E-state index contributed by atoms with van der Waals surface area (Å²) in [5, 5.41) is 8.80. The number of hydrogen-bond acceptors (Lipinski definition) is 4. The van der Waals surface area contributed by atoms with Crippen LogP contribution in [0, 0.1) is 25.2 Å². The Hall–Kier alpha value is -1.89. The maximum atomic E-state index is 11.6. The highest BCUT2D eigenvalue weighted by molar-refractivity contribution is 5.92. The Bertz CT molecular complexity index is 433. The molecule has 0 aliphatic carbocycles. The molecular weight excluding hydrogens is 192 g/mol. The van der Waals surface area contributed by atoms with Crippen LogP contribution in [0.3, 0.4) is 0 Å². The number of esters is 1. The fourth-order valence-electron chi connectivity index (χ4n) is 1.35. The molecule has 1 aromatic heterocycles. The largest absolute Gasteiger partial charge is 0.462 e. The zero-order valence-electron chi connectivity index (χ0n) is 9.00. The first-order chi connectivity index (χ1) is 7.11. The number of hydrogen-bond donors (Lipinski definition) is 0. The summed E-state index contributed by atoms with van der Waals surface area (Å²) in [6, 6.07) is 1.99. The highest BCUT2D eigenvalue weighted by atomic mass is 16.5. The normalized spacial score (nSPS) is 9.47. The Morgan fingerprint density at radius 2 is 2.27 bits per heavy atom. The molecule has 0 aliphatic rings. The Morgan fingerprint density at radius 1 is 1.60 bits per heavy atom. The van der Waals surface area contributed by atoms with Crippen LogP contribution in [0.2, 0.25) is 0 Å². The molecule has 1 heterocycles. The van der Waals surface area contributed by atoms with E-state index in [1.807, 2.05) is 6.07 Å². The van der Waals surface area contributed by atoms with Crippen LogP contribution in [0.1, 0.15) is 34.1 Å². The Balaban J connectivity index is 3.28. The summed E-state index contributed by atoms with van der Waals surface area (Å²) >= 11 is 0. The molecule has 0 saturated carbocycles. The van der Waals surface area contributed by atoms with Crippen LogP contribution < -0.4 is 0 Å². The number of aryl methyl sites for hydroxylation is 1. The number of nitriles is 1. The number of ether oxygens (including phenoxy) is 1. The van der Waals surface area contributed by atoms with Crippen LogP contribution >= 0.6 is 0 Å². The van der Waals surface area contributed by atoms with Gasteiger partial charge in [-0.1, -0.05) is 0 Å². The average Bonchev–Trinajstić information content (AvgIpc) is 2.18. The van der Waals surface area contributed by atoms with Gasteiger partial charge in [0.2, 0.25) is 0 Å². The van der Waals surface area contributed by atoms with E-state index in [0.29, 0.717) is 29.0 Å². The SMILES string of the molecule is CCOC(=O)c1c(C)ncc(C#N)c1C. The standard InChI is InChI=1S/C11H12N2O2/c1-4-15-11(14)10-7(2)9(5-12)6-13-8(10)3/h6H,4H2,1-3H3. The minimum absolute atomic E-state index is 0.314. The zero-order valence-corrected chi connectivity index (χ0v) is 9.00. The predicted molar refractivity (Wildman–Crippen MR) is 54.4 cm³/mol. The van der Waals surface area contributed by atoms with Gasteiger partial charge in [-0.2, -0.15) is 5.26 Å². The van der Waals surface area contributed by atoms with E-state index in [2.05, 4.69) is 4.98 Å². The Labute approximate surface area is 88.5 Å². The second-order valence-electron chi connectivity index (χ2n) is 3.09. The Morgan fingerprint density at radius 3 is 2.80 bits per heavy atom. The van der Waals surface area contributed by atoms with Gasteiger partial charge in [0.25, 0.3) is 0 Å². The molecule has 15 heavy (non-hydrogen) atoms. The third kappa shape index (κ3) is 2.13. The molecule has 0 spiro atoms. The van der Waals surface area contributed by atoms with Gasteiger partial charge in [0.05, 0.1) is 23.4 Å². The van der Waals surface area contributed by atoms with Crippen LogP contribution in [0.25, 0.3) is 0 Å². The lowest BCUT2D eigenvalue weighted by atomic mass is 10.0. The van der Waals surface area contributed by atoms with Gasteiger partial charge in [-0.05, 0) is 26.3 Å². The molecular formula is C11H12N2O2. The lowest BCUT2D eigenvalue weighted by molar-refractivity contribution is 0.0524. The maximum absolute atomic E-state index is 11.6. The third-order valence-electron chi connectivity index (χ3n) is 2.13. The molecule has 78 valence electrons. The van der Waals surface area contributed by atoms with Crippen molar-refractivity contribution in [3.05, 3.63) is 28.6 Å². The molecule has 0 aliphatic heterocycles. The first kappa shape index (κ1) is 11.2. The molecule has 0 saturated heterocycles. The predicted octanol–water partition coefficient (Wildman–Crippen LogP) is 1.75. The number of carbonyl (C=O) groups is 1. The summed E-state index contributed by atoms with van der Waals surface area (Å²) in [4.78, 5) is 15.6. The first-order valence-electron chi connectivity index (χ1n) is 4.65. The molecule has 0 aromatic carbocycles. The Kier molecular flexibility index (Phi) is 3.40. The van der Waals surface area contributed by atoms with Crippen molar-refractivity contribution in [1.82, 2.24) is 4.98 Å². The van der Waals surface area contributed by atoms with Crippen LogP contribution in [-0.4, -0.2) is 17.6 Å². The first-order valence-corrected chi connectivity index (χ1v) is 4.65. The summed E-state index contributed by atoms with van der Waals surface area (Å²) in [7, 11) is 0. The lowest BCUT2D eigenvalue weighted by Gasteiger charge is -2.08. The van der Waals surface area contributed by atoms with E-state index >= 15 is 0 Å². The zero-order chi connectivity index (χ0) is 11.4. The highest BCUT2D eigenvalue weighted by Crippen LogP contribution is 2.16. The van der Waals surface area contributed by atoms with Crippen LogP contribution in [0.5, 0.6) is 0 Å². The van der Waals surface area contributed by atoms with E-state index in [4.69, 9.17) is 10.00 Å². The molecule has 0 radical (unpaired) electrons. The average molecular weight is 204 g/mol. The van der Waals surface area contributed by atoms with Crippen molar-refractivity contribution < 1.29 is 9.53 Å². The monoisotopic (exact) mass is 204 g/mol. The van der Waals surface area contributed by atoms with Gasteiger partial charge in [-0.3, -0.25) is 4.98 Å². The smallest absolute Gasteiger partial charge is 0.340 e. The third-order valence-corrected chi connectivity index (χ3v) is 2.13. The van der Waals surface area contributed by atoms with Crippen LogP contribution in [0.15, 0.2) is 6.20 Å². The maximum Gasteiger partial charge on any atom is 0.340 e. The van der Waals surface area contributed by atoms with Gasteiger partial charge in [-0.15, -0.1) is 0 Å². The number of pyridine rings is 1. The van der Waals surface area contributed by atoms with Crippen molar-refractivity contribution in [2.45, 2.75) is 20.8 Å². The number of rotatable bonds is 2. The molecule has 0 N–H and O–H groups in total. The van der Waals surface area contributed by atoms with Gasteiger partial charge in [-0.25, -0.2) is 4.79 Å². The van der Waals surface area contributed by atoms with Crippen molar-refractivity contribution in [2.24, 2.45) is 0 Å². The number of aromatic nitrogens is 1. The molecule has 4 nitrogen and oxygen atoms in total. The summed E-state index contributed by atoms with van der Waals surface area (Å²) < 4.78 is 4.90. The van der Waals surface area contributed by atoms with Gasteiger partial charge >= 0.3 is 5.97 Å². The van der Waals surface area contributed by atoms with Crippen molar-refractivity contribution in [2.75, 3.05) is 6.61 Å². The molecule has 0 amide bonds. The van der Waals surface area contributed by atoms with Crippen molar-refractivity contribution in [3.8, 4) is 6.07 Å². The summed E-state index contributed by atoms with van der Waals surface area (Å²) in [6.45, 7) is 5.50. The van der Waals surface area contributed by atoms with Gasteiger partial charge < -0.3 is 4.74 Å². The molecule has 4 heteroatoms. The fourth-order valence-corrected chi connectivity index (χ4v) is 1.35. The topological polar surface area (TPSA) is 63.0 Å². The van der Waals surface area contributed by atoms with Crippen molar-refractivity contribution in [3.63, 3.8) is 0 Å². The van der Waals surface area contributed by atoms with E-state index in [1.54, 1.807) is 20.8 Å².